The highest BCUT2D eigenvalue weighted by atomic mass is 127. The van der Waals surface area contributed by atoms with Crippen molar-refractivity contribution in [2.45, 2.75) is 34.1 Å². The molecular formula is C15H21IO4S. The van der Waals surface area contributed by atoms with Crippen LogP contribution in [0, 0.1) is 0 Å². The number of hydrogen-bond donors (Lipinski definition) is 1. The van der Waals surface area contributed by atoms with Gasteiger partial charge in [0.1, 0.15) is 11.8 Å². The van der Waals surface area contributed by atoms with Gasteiger partial charge in [-0.1, -0.05) is 33.8 Å². The highest BCUT2D eigenvalue weighted by molar-refractivity contribution is 14.2. The smallest absolute Gasteiger partial charge is 0.234 e. The fraction of sp³-hybridized carbons (Fsp3) is 0.400. The highest BCUT2D eigenvalue weighted by Gasteiger charge is 2.06. The Morgan fingerprint density at radius 3 is 2.57 bits per heavy atom. The molecular weight excluding hydrogens is 403 g/mol. The summed E-state index contributed by atoms with van der Waals surface area (Å²) in [6.45, 7) is 8.57. The first-order chi connectivity index (χ1) is 10.2. The maximum atomic E-state index is 11.7. The van der Waals surface area contributed by atoms with E-state index in [0.717, 1.165) is 11.8 Å². The molecule has 0 aliphatic heterocycles. The lowest BCUT2D eigenvalue weighted by molar-refractivity contribution is 0.386. The van der Waals surface area contributed by atoms with Crippen LogP contribution in [-0.4, -0.2) is 11.7 Å². The molecule has 1 aromatic heterocycles. The number of halogens is 1. The molecule has 0 aliphatic rings. The fourth-order valence-electron chi connectivity index (χ4n) is 1.51. The van der Waals surface area contributed by atoms with Gasteiger partial charge in [-0.3, -0.25) is 4.79 Å². The van der Waals surface area contributed by atoms with E-state index in [1.807, 2.05) is 33.8 Å². The van der Waals surface area contributed by atoms with Gasteiger partial charge in [-0.05, 0) is 24.1 Å². The van der Waals surface area contributed by atoms with E-state index in [9.17, 15) is 9.90 Å². The standard InChI is InChI=1S/C11H9IO4S.2C2H6/c12-17-16-4-3-7-1-2-10-8(5-7)11(14)9(13)6-15-10;2*1-2/h1-2,5-6,13H,3-4H2;2*1-2H3. The maximum absolute atomic E-state index is 11.7. The van der Waals surface area contributed by atoms with Crippen LogP contribution in [-0.2, 0) is 10.6 Å². The number of aromatic hydroxyl groups is 1. The molecule has 6 heteroatoms. The summed E-state index contributed by atoms with van der Waals surface area (Å²) in [5.41, 5.74) is 1.04. The summed E-state index contributed by atoms with van der Waals surface area (Å²) in [6, 6.07) is 5.33. The minimum Gasteiger partial charge on any atom is -0.502 e. The van der Waals surface area contributed by atoms with Crippen molar-refractivity contribution >= 4 is 41.4 Å². The summed E-state index contributed by atoms with van der Waals surface area (Å²) in [6.07, 6.45) is 1.77. The van der Waals surface area contributed by atoms with Crippen molar-refractivity contribution in [1.29, 1.82) is 0 Å². The van der Waals surface area contributed by atoms with Crippen LogP contribution in [0.1, 0.15) is 33.3 Å². The lowest BCUT2D eigenvalue weighted by Crippen LogP contribution is -2.01. The van der Waals surface area contributed by atoms with Crippen LogP contribution in [0.25, 0.3) is 11.0 Å². The van der Waals surface area contributed by atoms with Crippen LogP contribution in [0.15, 0.2) is 33.7 Å². The Morgan fingerprint density at radius 1 is 1.29 bits per heavy atom. The van der Waals surface area contributed by atoms with Crippen LogP contribution in [0.3, 0.4) is 0 Å². The normalized spacial score (nSPS) is 9.38. The Labute approximate surface area is 141 Å². The van der Waals surface area contributed by atoms with Gasteiger partial charge in [0.2, 0.25) is 5.43 Å². The van der Waals surface area contributed by atoms with Crippen molar-refractivity contribution < 1.29 is 13.7 Å². The largest absolute Gasteiger partial charge is 0.502 e. The topological polar surface area (TPSA) is 59.7 Å². The molecule has 0 unspecified atom stereocenters. The highest BCUT2D eigenvalue weighted by Crippen LogP contribution is 2.17. The van der Waals surface area contributed by atoms with E-state index in [0.29, 0.717) is 24.0 Å². The van der Waals surface area contributed by atoms with Gasteiger partial charge in [0.15, 0.2) is 5.75 Å². The third-order valence-electron chi connectivity index (χ3n) is 2.34. The molecule has 4 nitrogen and oxygen atoms in total. The predicted octanol–water partition coefficient (Wildman–Crippen LogP) is 5.11. The van der Waals surface area contributed by atoms with Crippen molar-refractivity contribution in [3.8, 4) is 5.75 Å². The minimum absolute atomic E-state index is 0.367. The van der Waals surface area contributed by atoms with Crippen LogP contribution in [0.4, 0.5) is 0 Å². The van der Waals surface area contributed by atoms with Gasteiger partial charge in [-0.2, -0.15) is 0 Å². The van der Waals surface area contributed by atoms with Crippen LogP contribution in [0.5, 0.6) is 5.75 Å². The Hall–Kier alpha value is -0.730. The molecule has 0 aliphatic carbocycles. The summed E-state index contributed by atoms with van der Waals surface area (Å²) in [7, 11) is 1.28. The summed E-state index contributed by atoms with van der Waals surface area (Å²) < 4.78 is 10.3. The Bertz CT molecular complexity index is 583. The third-order valence-corrected chi connectivity index (χ3v) is 3.36. The van der Waals surface area contributed by atoms with Crippen LogP contribution < -0.4 is 5.43 Å². The molecule has 0 bridgehead atoms. The molecule has 0 amide bonds. The number of benzene rings is 1. The molecule has 0 fully saturated rings. The third kappa shape index (κ3) is 6.27. The second kappa shape index (κ2) is 11.9. The molecule has 2 aromatic rings. The first kappa shape index (κ1) is 20.3. The zero-order chi connectivity index (χ0) is 16.3. The molecule has 1 aromatic carbocycles. The predicted molar refractivity (Wildman–Crippen MR) is 98.1 cm³/mol. The van der Waals surface area contributed by atoms with E-state index in [1.54, 1.807) is 12.1 Å². The summed E-state index contributed by atoms with van der Waals surface area (Å²) in [4.78, 5) is 11.7. The molecule has 21 heavy (non-hydrogen) atoms. The van der Waals surface area contributed by atoms with Gasteiger partial charge in [-0.25, -0.2) is 0 Å². The first-order valence-corrected chi connectivity index (χ1v) is 10.1. The maximum Gasteiger partial charge on any atom is 0.234 e. The molecule has 0 spiro atoms. The van der Waals surface area contributed by atoms with E-state index in [-0.39, 0.29) is 5.75 Å². The Kier molecular flexibility index (Phi) is 11.5. The minimum atomic E-state index is -0.405. The zero-order valence-corrected chi connectivity index (χ0v) is 15.7. The molecule has 1 N–H and O–H groups in total. The van der Waals surface area contributed by atoms with Gasteiger partial charge in [-0.15, -0.1) is 0 Å². The van der Waals surface area contributed by atoms with Crippen molar-refractivity contribution in [2.75, 3.05) is 6.61 Å². The summed E-state index contributed by atoms with van der Waals surface area (Å²) in [5, 5.41) is 9.68. The molecule has 2 rings (SSSR count). The lowest BCUT2D eigenvalue weighted by Gasteiger charge is -2.02. The van der Waals surface area contributed by atoms with E-state index < -0.39 is 5.43 Å². The quantitative estimate of drug-likeness (QED) is 0.420. The monoisotopic (exact) mass is 424 g/mol. The Morgan fingerprint density at radius 2 is 1.95 bits per heavy atom. The summed E-state index contributed by atoms with van der Waals surface area (Å²) in [5.74, 6) is -0.367. The zero-order valence-electron chi connectivity index (χ0n) is 12.7. The van der Waals surface area contributed by atoms with Crippen molar-refractivity contribution in [2.24, 2.45) is 0 Å². The van der Waals surface area contributed by atoms with Gasteiger partial charge in [0, 0.05) is 21.2 Å². The lowest BCUT2D eigenvalue weighted by atomic mass is 10.1. The first-order valence-electron chi connectivity index (χ1n) is 6.86. The average Bonchev–Trinajstić information content (AvgIpc) is 2.55. The number of rotatable bonds is 4. The van der Waals surface area contributed by atoms with E-state index >= 15 is 0 Å². The van der Waals surface area contributed by atoms with Crippen molar-refractivity contribution in [3.63, 3.8) is 0 Å². The Balaban J connectivity index is 0.000000921. The SMILES string of the molecule is CC.CC.O=c1c(O)coc2ccc(CCOSI)cc12. The second-order valence-corrected chi connectivity index (χ2v) is 4.86. The van der Waals surface area contributed by atoms with Gasteiger partial charge < -0.3 is 13.7 Å². The molecule has 118 valence electrons. The van der Waals surface area contributed by atoms with Crippen LogP contribution >= 0.6 is 30.4 Å². The van der Waals surface area contributed by atoms with E-state index in [4.69, 9.17) is 8.60 Å². The van der Waals surface area contributed by atoms with E-state index in [2.05, 4.69) is 21.2 Å². The molecule has 0 saturated heterocycles. The molecule has 1 heterocycles. The fourth-order valence-corrected chi connectivity index (χ4v) is 2.20. The second-order valence-electron chi connectivity index (χ2n) is 3.42. The van der Waals surface area contributed by atoms with Gasteiger partial charge in [0.05, 0.1) is 21.2 Å². The van der Waals surface area contributed by atoms with Gasteiger partial charge >= 0.3 is 0 Å². The number of hydrogen-bond acceptors (Lipinski definition) is 5. The van der Waals surface area contributed by atoms with Crippen molar-refractivity contribution in [1.82, 2.24) is 0 Å². The average molecular weight is 424 g/mol. The number of fused-ring (bicyclic) bond motifs is 1. The van der Waals surface area contributed by atoms with Gasteiger partial charge in [0.25, 0.3) is 0 Å². The van der Waals surface area contributed by atoms with E-state index in [1.165, 1.54) is 9.21 Å². The summed E-state index contributed by atoms with van der Waals surface area (Å²) >= 11 is 2.05. The molecule has 0 saturated carbocycles. The molecule has 0 radical (unpaired) electrons. The van der Waals surface area contributed by atoms with Crippen LogP contribution in [0.2, 0.25) is 0 Å². The van der Waals surface area contributed by atoms with Crippen molar-refractivity contribution in [3.05, 3.63) is 40.2 Å². The molecule has 0 atom stereocenters.